The summed E-state index contributed by atoms with van der Waals surface area (Å²) in [6.07, 6.45) is 0.678. The molecule has 0 spiro atoms. The smallest absolute Gasteiger partial charge is 0.385 e. The van der Waals surface area contributed by atoms with E-state index in [-0.39, 0.29) is 41.4 Å². The summed E-state index contributed by atoms with van der Waals surface area (Å²) in [4.78, 5) is 0. The first kappa shape index (κ1) is 47.7. The first-order chi connectivity index (χ1) is 27.0. The van der Waals surface area contributed by atoms with Crippen molar-refractivity contribution < 1.29 is 49.4 Å². The fraction of sp³-hybridized carbons (Fsp3) is 0.838. The van der Waals surface area contributed by atoms with E-state index in [4.69, 9.17) is 49.4 Å². The first-order valence-corrected chi connectivity index (χ1v) is 37.6. The Hall–Kier alpha value is 0.275. The highest BCUT2D eigenvalue weighted by Crippen LogP contribution is 2.55. The number of hydrogen-bond acceptors (Lipinski definition) is 13. The molecular weight excluding hydrogens is 875 g/mol. The lowest BCUT2D eigenvalue weighted by molar-refractivity contribution is -0.0340. The summed E-state index contributed by atoms with van der Waals surface area (Å²) in [7, 11) is -31.4. The SMILES string of the molecule is CC(C)C[Si]12O[Si]3(CCCNc4ccccc4)O[Si]4(CC(C)C)O[Si](CC(C)C)(O1)O[Si]1(CC(C)C)O[Si](CC(C)C)(O2)O[Si](CC(C)C)(O3)O[Si](CC(C)C)(O4)O1. The molecule has 6 saturated heterocycles. The van der Waals surface area contributed by atoms with Crippen LogP contribution in [-0.4, -0.2) is 77.0 Å². The Kier molecular flexibility index (Phi) is 14.9. The Balaban J connectivity index is 1.67. The molecule has 0 amide bonds. The Bertz CT molecular complexity index is 1380. The van der Waals surface area contributed by atoms with Gasteiger partial charge in [-0.1, -0.05) is 115 Å². The zero-order chi connectivity index (χ0) is 42.4. The van der Waals surface area contributed by atoms with Gasteiger partial charge in [-0.3, -0.25) is 0 Å². The molecule has 8 bridgehead atoms. The normalized spacial score (nSPS) is 38.6. The van der Waals surface area contributed by atoms with Crippen molar-refractivity contribution in [3.8, 4) is 0 Å². The number of nitrogens with one attached hydrogen (secondary N) is 1. The second-order valence-corrected chi connectivity index (χ2v) is 44.4. The highest BCUT2D eigenvalue weighted by Gasteiger charge is 2.83. The molecule has 1 aromatic carbocycles. The quantitative estimate of drug-likeness (QED) is 0.105. The number of anilines is 1. The van der Waals surface area contributed by atoms with Crippen molar-refractivity contribution in [1.29, 1.82) is 0 Å². The highest BCUT2D eigenvalue weighted by molar-refractivity contribution is 7.03. The van der Waals surface area contributed by atoms with Gasteiger partial charge >= 0.3 is 70.4 Å². The Morgan fingerprint density at radius 3 is 0.793 bits per heavy atom. The van der Waals surface area contributed by atoms with E-state index in [0.717, 1.165) is 5.69 Å². The average Bonchev–Trinajstić information content (AvgIpc) is 2.97. The van der Waals surface area contributed by atoms with Gasteiger partial charge in [0.1, 0.15) is 0 Å². The van der Waals surface area contributed by atoms with Gasteiger partial charge in [-0.2, -0.15) is 0 Å². The molecule has 6 heterocycles. The number of benzene rings is 1. The molecule has 0 unspecified atom stereocenters. The molecule has 1 aromatic rings. The zero-order valence-electron chi connectivity index (χ0n) is 37.9. The van der Waals surface area contributed by atoms with Gasteiger partial charge in [0.25, 0.3) is 0 Å². The molecule has 7 rings (SSSR count). The number of rotatable bonds is 19. The lowest BCUT2D eigenvalue weighted by Crippen LogP contribution is -2.88. The van der Waals surface area contributed by atoms with Gasteiger partial charge in [0.05, 0.1) is 0 Å². The van der Waals surface area contributed by atoms with Crippen LogP contribution in [0.25, 0.3) is 0 Å². The predicted molar refractivity (Wildman–Crippen MR) is 241 cm³/mol. The highest BCUT2D eigenvalue weighted by atomic mass is 28.6. The van der Waals surface area contributed by atoms with Gasteiger partial charge in [0.15, 0.2) is 0 Å². The molecule has 13 nitrogen and oxygen atoms in total. The van der Waals surface area contributed by atoms with Crippen LogP contribution in [0.15, 0.2) is 30.3 Å². The van der Waals surface area contributed by atoms with Crippen LogP contribution < -0.4 is 5.32 Å². The van der Waals surface area contributed by atoms with Crippen LogP contribution in [0.4, 0.5) is 5.69 Å². The topological polar surface area (TPSA) is 123 Å². The third-order valence-corrected chi connectivity index (χ3v) is 50.1. The van der Waals surface area contributed by atoms with Gasteiger partial charge in [-0.25, -0.2) is 0 Å². The summed E-state index contributed by atoms with van der Waals surface area (Å²) >= 11 is 0. The second kappa shape index (κ2) is 18.0. The van der Waals surface area contributed by atoms with Crippen LogP contribution in [0.2, 0.25) is 48.4 Å². The largest absolute Gasteiger partial charge is 0.479 e. The second-order valence-electron chi connectivity index (χ2n) is 20.3. The van der Waals surface area contributed by atoms with Crippen molar-refractivity contribution >= 4 is 76.1 Å². The fourth-order valence-corrected chi connectivity index (χ4v) is 60.5. The third-order valence-electron chi connectivity index (χ3n) is 10.1. The first-order valence-electron chi connectivity index (χ1n) is 22.2. The molecule has 332 valence electrons. The molecule has 0 atom stereocenters. The van der Waals surface area contributed by atoms with Gasteiger partial charge in [0.2, 0.25) is 0 Å². The monoisotopic (exact) mass is 949 g/mol. The van der Waals surface area contributed by atoms with Crippen molar-refractivity contribution in [1.82, 2.24) is 0 Å². The van der Waals surface area contributed by atoms with E-state index < -0.39 is 70.4 Å². The number of hydrogen-bond donors (Lipinski definition) is 1. The summed E-state index contributed by atoms with van der Waals surface area (Å²) < 4.78 is 93.9. The summed E-state index contributed by atoms with van der Waals surface area (Å²) in [6.45, 7) is 31.2. The molecule has 6 fully saturated rings. The van der Waals surface area contributed by atoms with E-state index in [0.29, 0.717) is 61.3 Å². The average molecular weight is 951 g/mol. The van der Waals surface area contributed by atoms with Crippen LogP contribution in [0, 0.1) is 41.4 Å². The Morgan fingerprint density at radius 1 is 0.345 bits per heavy atom. The van der Waals surface area contributed by atoms with Crippen molar-refractivity contribution in [2.75, 3.05) is 11.9 Å². The maximum atomic E-state index is 7.86. The van der Waals surface area contributed by atoms with Crippen LogP contribution in [0.5, 0.6) is 0 Å². The lowest BCUT2D eigenvalue weighted by atomic mass is 10.3. The van der Waals surface area contributed by atoms with Crippen molar-refractivity contribution in [2.24, 2.45) is 41.4 Å². The van der Waals surface area contributed by atoms with E-state index in [2.05, 4.69) is 114 Å². The maximum absolute atomic E-state index is 7.86. The molecule has 0 aliphatic carbocycles. The van der Waals surface area contributed by atoms with Crippen molar-refractivity contribution in [2.45, 2.75) is 152 Å². The summed E-state index contributed by atoms with van der Waals surface area (Å²) in [5.74, 6) is 0.886. The molecule has 0 aromatic heterocycles. The minimum atomic E-state index is -3.97. The fourth-order valence-electron chi connectivity index (χ4n) is 8.96. The zero-order valence-corrected chi connectivity index (χ0v) is 45.9. The molecule has 58 heavy (non-hydrogen) atoms. The molecule has 0 saturated carbocycles. The van der Waals surface area contributed by atoms with E-state index >= 15 is 0 Å². The molecule has 0 radical (unpaired) electrons. The van der Waals surface area contributed by atoms with E-state index in [1.54, 1.807) is 0 Å². The molecule has 6 aliphatic rings. The van der Waals surface area contributed by atoms with Crippen molar-refractivity contribution in [3.63, 3.8) is 0 Å². The van der Waals surface area contributed by atoms with Gasteiger partial charge in [0, 0.05) is 60.6 Å². The van der Waals surface area contributed by atoms with Gasteiger partial charge in [-0.05, 0) is 60.0 Å². The predicted octanol–water partition coefficient (Wildman–Crippen LogP) is 9.86. The van der Waals surface area contributed by atoms with E-state index in [1.165, 1.54) is 0 Å². The van der Waals surface area contributed by atoms with Crippen molar-refractivity contribution in [3.05, 3.63) is 30.3 Å². The summed E-state index contributed by atoms with van der Waals surface area (Å²) in [5, 5.41) is 3.60. The molecule has 21 heteroatoms. The third kappa shape index (κ3) is 11.3. The molecule has 1 N–H and O–H groups in total. The minimum absolute atomic E-state index is 0.122. The summed E-state index contributed by atoms with van der Waals surface area (Å²) in [5.41, 5.74) is 1.05. The maximum Gasteiger partial charge on any atom is 0.479 e. The van der Waals surface area contributed by atoms with E-state index in [9.17, 15) is 0 Å². The summed E-state index contributed by atoms with van der Waals surface area (Å²) in [6, 6.07) is 14.1. The van der Waals surface area contributed by atoms with Gasteiger partial charge < -0.3 is 54.7 Å². The standard InChI is InChI=1S/C37H75NO12Si8/c1-30(2)23-52-39-51(22-18-21-38-37-19-16-15-17-20-37)40-53(24-31(3)4)44-55(42-52,26-33(7)8)48-58(29-36(13)14)49-56(43-52,27-34(9)10)45-54(41-51,25-32(5)6)47-57(46-53,50-58)28-35(11)12/h15-17,19-20,30-36,38H,18,21-29H2,1-14H3. The van der Waals surface area contributed by atoms with Gasteiger partial charge in [-0.15, -0.1) is 0 Å². The lowest BCUT2D eigenvalue weighted by Gasteiger charge is -2.64. The Labute approximate surface area is 359 Å². The van der Waals surface area contributed by atoms with Crippen LogP contribution in [0.3, 0.4) is 0 Å². The minimum Gasteiger partial charge on any atom is -0.385 e. The number of para-hydroxylation sites is 1. The van der Waals surface area contributed by atoms with Crippen LogP contribution in [0.1, 0.15) is 103 Å². The van der Waals surface area contributed by atoms with Crippen LogP contribution >= 0.6 is 0 Å². The molecule has 6 aliphatic heterocycles. The Morgan fingerprint density at radius 2 is 0.569 bits per heavy atom. The van der Waals surface area contributed by atoms with E-state index in [1.807, 2.05) is 18.2 Å². The molecular formula is C37H75NO12Si8. The van der Waals surface area contributed by atoms with Crippen LogP contribution in [-0.2, 0) is 49.4 Å².